The molecule has 2 heterocycles. The molecule has 0 aromatic carbocycles. The predicted octanol–water partition coefficient (Wildman–Crippen LogP) is 1.75. The Balaban J connectivity index is 2.06. The lowest BCUT2D eigenvalue weighted by Gasteiger charge is -2.14. The lowest BCUT2D eigenvalue weighted by Crippen LogP contribution is -2.23. The van der Waals surface area contributed by atoms with Crippen LogP contribution in [0.3, 0.4) is 0 Å². The number of pyridine rings is 1. The Morgan fingerprint density at radius 2 is 1.85 bits per heavy atom. The fraction of sp³-hybridized carbons (Fsp3) is 0.286. The zero-order valence-corrected chi connectivity index (χ0v) is 11.7. The molecule has 0 saturated carbocycles. The van der Waals surface area contributed by atoms with Crippen LogP contribution in [0.25, 0.3) is 0 Å². The van der Waals surface area contributed by atoms with Gasteiger partial charge in [-0.3, -0.25) is 9.78 Å². The van der Waals surface area contributed by atoms with Crippen molar-refractivity contribution in [2.45, 2.75) is 13.0 Å². The Morgan fingerprint density at radius 1 is 1.15 bits per heavy atom. The van der Waals surface area contributed by atoms with Crippen LogP contribution in [0.5, 0.6) is 0 Å². The minimum absolute atomic E-state index is 0.0858. The monoisotopic (exact) mass is 271 g/mol. The van der Waals surface area contributed by atoms with Crippen LogP contribution >= 0.6 is 0 Å². The highest BCUT2D eigenvalue weighted by molar-refractivity contribution is 5.91. The standard InChI is InChI=1S/C14H17N5O/c1-10(11-6-8-15-9-7-11)16-13-5-4-12(17-18-13)14(20)19(2)3/h4-10H,1-3H3,(H,16,18). The van der Waals surface area contributed by atoms with Gasteiger partial charge in [0.15, 0.2) is 5.69 Å². The first kappa shape index (κ1) is 13.9. The van der Waals surface area contributed by atoms with Gasteiger partial charge in [0.2, 0.25) is 0 Å². The van der Waals surface area contributed by atoms with E-state index in [0.29, 0.717) is 11.5 Å². The highest BCUT2D eigenvalue weighted by atomic mass is 16.2. The molecule has 6 nitrogen and oxygen atoms in total. The highest BCUT2D eigenvalue weighted by Gasteiger charge is 2.11. The number of carbonyl (C=O) groups excluding carboxylic acids is 1. The van der Waals surface area contributed by atoms with E-state index in [2.05, 4.69) is 20.5 Å². The molecule has 6 heteroatoms. The summed E-state index contributed by atoms with van der Waals surface area (Å²) in [7, 11) is 3.36. The smallest absolute Gasteiger partial charge is 0.273 e. The summed E-state index contributed by atoms with van der Waals surface area (Å²) in [5.41, 5.74) is 1.44. The molecule has 1 N–H and O–H groups in total. The van der Waals surface area contributed by atoms with Crippen molar-refractivity contribution < 1.29 is 4.79 Å². The topological polar surface area (TPSA) is 71.0 Å². The predicted molar refractivity (Wildman–Crippen MR) is 76.3 cm³/mol. The first-order valence-corrected chi connectivity index (χ1v) is 6.30. The van der Waals surface area contributed by atoms with Gasteiger partial charge in [0.25, 0.3) is 5.91 Å². The molecule has 0 radical (unpaired) electrons. The normalized spacial score (nSPS) is 11.8. The van der Waals surface area contributed by atoms with E-state index in [9.17, 15) is 4.79 Å². The van der Waals surface area contributed by atoms with E-state index in [1.807, 2.05) is 19.1 Å². The van der Waals surface area contributed by atoms with Gasteiger partial charge in [-0.05, 0) is 36.8 Å². The van der Waals surface area contributed by atoms with Gasteiger partial charge in [-0.2, -0.15) is 0 Å². The summed E-state index contributed by atoms with van der Waals surface area (Å²) in [6, 6.07) is 7.38. The number of anilines is 1. The van der Waals surface area contributed by atoms with Crippen LogP contribution in [0.1, 0.15) is 29.0 Å². The number of amides is 1. The maximum atomic E-state index is 11.7. The SMILES string of the molecule is CC(Nc1ccc(C(=O)N(C)C)nn1)c1ccncc1. The highest BCUT2D eigenvalue weighted by Crippen LogP contribution is 2.16. The van der Waals surface area contributed by atoms with Gasteiger partial charge >= 0.3 is 0 Å². The van der Waals surface area contributed by atoms with Gasteiger partial charge in [0, 0.05) is 26.5 Å². The average molecular weight is 271 g/mol. The first-order valence-electron chi connectivity index (χ1n) is 6.30. The summed E-state index contributed by atoms with van der Waals surface area (Å²) < 4.78 is 0. The quantitative estimate of drug-likeness (QED) is 0.917. The molecular formula is C14H17N5O. The third-order valence-corrected chi connectivity index (χ3v) is 2.86. The summed E-state index contributed by atoms with van der Waals surface area (Å²) in [4.78, 5) is 17.1. The van der Waals surface area contributed by atoms with E-state index < -0.39 is 0 Å². The summed E-state index contributed by atoms with van der Waals surface area (Å²) >= 11 is 0. The summed E-state index contributed by atoms with van der Waals surface area (Å²) in [5, 5.41) is 11.2. The molecule has 0 aliphatic rings. The largest absolute Gasteiger partial charge is 0.362 e. The van der Waals surface area contributed by atoms with E-state index in [1.54, 1.807) is 38.6 Å². The van der Waals surface area contributed by atoms with Gasteiger partial charge < -0.3 is 10.2 Å². The molecule has 0 saturated heterocycles. The molecule has 0 bridgehead atoms. The number of hydrogen-bond donors (Lipinski definition) is 1. The molecule has 104 valence electrons. The average Bonchev–Trinajstić information content (AvgIpc) is 2.48. The molecule has 0 fully saturated rings. The molecule has 0 aliphatic heterocycles. The zero-order valence-electron chi connectivity index (χ0n) is 11.7. The number of nitrogens with one attached hydrogen (secondary N) is 1. The minimum Gasteiger partial charge on any atom is -0.362 e. The molecular weight excluding hydrogens is 254 g/mol. The third kappa shape index (κ3) is 3.28. The number of carbonyl (C=O) groups is 1. The number of aromatic nitrogens is 3. The van der Waals surface area contributed by atoms with Gasteiger partial charge in [-0.25, -0.2) is 0 Å². The number of hydrogen-bond acceptors (Lipinski definition) is 5. The molecule has 0 spiro atoms. The van der Waals surface area contributed by atoms with Gasteiger partial charge in [0.1, 0.15) is 5.82 Å². The molecule has 1 unspecified atom stereocenters. The van der Waals surface area contributed by atoms with Crippen LogP contribution in [-0.4, -0.2) is 40.1 Å². The van der Waals surface area contributed by atoms with E-state index in [1.165, 1.54) is 4.90 Å². The van der Waals surface area contributed by atoms with Crippen LogP contribution in [0.4, 0.5) is 5.82 Å². The second-order valence-corrected chi connectivity index (χ2v) is 4.65. The summed E-state index contributed by atoms with van der Waals surface area (Å²) in [5.74, 6) is 0.468. The van der Waals surface area contributed by atoms with Crippen molar-refractivity contribution in [1.82, 2.24) is 20.1 Å². The van der Waals surface area contributed by atoms with Crippen molar-refractivity contribution in [3.05, 3.63) is 47.9 Å². The number of nitrogens with zero attached hydrogens (tertiary/aromatic N) is 4. The van der Waals surface area contributed by atoms with Gasteiger partial charge in [0.05, 0.1) is 6.04 Å². The maximum Gasteiger partial charge on any atom is 0.273 e. The molecule has 2 aromatic rings. The first-order chi connectivity index (χ1) is 9.58. The van der Waals surface area contributed by atoms with Crippen LogP contribution in [0.15, 0.2) is 36.7 Å². The van der Waals surface area contributed by atoms with Crippen LogP contribution in [0, 0.1) is 0 Å². The summed E-state index contributed by atoms with van der Waals surface area (Å²) in [6.45, 7) is 2.02. The van der Waals surface area contributed by atoms with E-state index in [-0.39, 0.29) is 11.9 Å². The Morgan fingerprint density at radius 3 is 2.40 bits per heavy atom. The number of rotatable bonds is 4. The molecule has 20 heavy (non-hydrogen) atoms. The van der Waals surface area contributed by atoms with Crippen molar-refractivity contribution in [2.75, 3.05) is 19.4 Å². The van der Waals surface area contributed by atoms with Gasteiger partial charge in [-0.1, -0.05) is 0 Å². The lowest BCUT2D eigenvalue weighted by molar-refractivity contribution is 0.0821. The Hall–Kier alpha value is -2.50. The van der Waals surface area contributed by atoms with Crippen LogP contribution < -0.4 is 5.32 Å². The van der Waals surface area contributed by atoms with Crippen molar-refractivity contribution in [3.8, 4) is 0 Å². The van der Waals surface area contributed by atoms with Crippen molar-refractivity contribution in [2.24, 2.45) is 0 Å². The fourth-order valence-corrected chi connectivity index (χ4v) is 1.71. The van der Waals surface area contributed by atoms with Crippen molar-refractivity contribution in [1.29, 1.82) is 0 Å². The fourth-order valence-electron chi connectivity index (χ4n) is 1.71. The summed E-state index contributed by atoms with van der Waals surface area (Å²) in [6.07, 6.45) is 3.50. The third-order valence-electron chi connectivity index (χ3n) is 2.86. The molecule has 1 atom stereocenters. The lowest BCUT2D eigenvalue weighted by atomic mass is 10.1. The van der Waals surface area contributed by atoms with Crippen LogP contribution in [0.2, 0.25) is 0 Å². The van der Waals surface area contributed by atoms with Gasteiger partial charge in [-0.15, -0.1) is 10.2 Å². The minimum atomic E-state index is -0.161. The Labute approximate surface area is 117 Å². The van der Waals surface area contributed by atoms with Crippen molar-refractivity contribution >= 4 is 11.7 Å². The zero-order chi connectivity index (χ0) is 14.5. The molecule has 1 amide bonds. The molecule has 2 rings (SSSR count). The Kier molecular flexibility index (Phi) is 4.24. The maximum absolute atomic E-state index is 11.7. The van der Waals surface area contributed by atoms with E-state index >= 15 is 0 Å². The van der Waals surface area contributed by atoms with Crippen LogP contribution in [-0.2, 0) is 0 Å². The van der Waals surface area contributed by atoms with E-state index in [4.69, 9.17) is 0 Å². The Bertz CT molecular complexity index is 568. The second kappa shape index (κ2) is 6.10. The molecule has 2 aromatic heterocycles. The van der Waals surface area contributed by atoms with E-state index in [0.717, 1.165) is 5.56 Å². The second-order valence-electron chi connectivity index (χ2n) is 4.65. The molecule has 0 aliphatic carbocycles. The van der Waals surface area contributed by atoms with Crippen molar-refractivity contribution in [3.63, 3.8) is 0 Å².